The van der Waals surface area contributed by atoms with E-state index in [0.717, 1.165) is 16.9 Å². The number of imidazole rings is 1. The lowest BCUT2D eigenvalue weighted by molar-refractivity contribution is 0.0990. The third-order valence-electron chi connectivity index (χ3n) is 3.38. The Morgan fingerprint density at radius 2 is 1.81 bits per heavy atom. The van der Waals surface area contributed by atoms with Gasteiger partial charge < -0.3 is 4.57 Å². The fraction of sp³-hybridized carbons (Fsp3) is 0.125. The minimum absolute atomic E-state index is 0.0576. The Bertz CT molecular complexity index is 819. The van der Waals surface area contributed by atoms with Gasteiger partial charge in [-0.3, -0.25) is 4.79 Å². The summed E-state index contributed by atoms with van der Waals surface area (Å²) < 4.78 is 1.93. The van der Waals surface area contributed by atoms with Gasteiger partial charge in [0.1, 0.15) is 5.82 Å². The lowest BCUT2D eigenvalue weighted by Gasteiger charge is -2.04. The summed E-state index contributed by atoms with van der Waals surface area (Å²) >= 11 is 11.9. The predicted octanol–water partition coefficient (Wildman–Crippen LogP) is 4.31. The molecule has 2 aromatic carbocycles. The van der Waals surface area contributed by atoms with Crippen LogP contribution in [0.25, 0.3) is 11.0 Å². The maximum Gasteiger partial charge on any atom is 0.170 e. The molecule has 0 aliphatic carbocycles. The van der Waals surface area contributed by atoms with Gasteiger partial charge in [-0.1, -0.05) is 35.3 Å². The van der Waals surface area contributed by atoms with Crippen LogP contribution in [0.2, 0.25) is 10.0 Å². The summed E-state index contributed by atoms with van der Waals surface area (Å²) in [7, 11) is 1.91. The number of carbonyl (C=O) groups excluding carboxylic acids is 1. The third kappa shape index (κ3) is 2.80. The number of rotatable bonds is 3. The van der Waals surface area contributed by atoms with Gasteiger partial charge in [-0.2, -0.15) is 0 Å². The van der Waals surface area contributed by atoms with Crippen molar-refractivity contribution in [1.82, 2.24) is 9.55 Å². The van der Waals surface area contributed by atoms with Gasteiger partial charge in [0, 0.05) is 22.7 Å². The molecule has 106 valence electrons. The summed E-state index contributed by atoms with van der Waals surface area (Å²) in [6, 6.07) is 12.6. The van der Waals surface area contributed by atoms with Crippen LogP contribution in [0.4, 0.5) is 0 Å². The Morgan fingerprint density at radius 3 is 2.48 bits per heavy atom. The summed E-state index contributed by atoms with van der Waals surface area (Å²) in [6.07, 6.45) is 0.210. The Kier molecular flexibility index (Phi) is 3.70. The van der Waals surface area contributed by atoms with Gasteiger partial charge in [0.2, 0.25) is 0 Å². The molecule has 5 heteroatoms. The fourth-order valence-corrected chi connectivity index (χ4v) is 2.84. The van der Waals surface area contributed by atoms with Crippen molar-refractivity contribution in [2.45, 2.75) is 6.42 Å². The van der Waals surface area contributed by atoms with Gasteiger partial charge >= 0.3 is 0 Å². The van der Waals surface area contributed by atoms with Crippen LogP contribution in [0.1, 0.15) is 16.2 Å². The average molecular weight is 319 g/mol. The first kappa shape index (κ1) is 14.1. The molecule has 0 bridgehead atoms. The first-order valence-electron chi connectivity index (χ1n) is 6.44. The number of halogens is 2. The molecule has 3 rings (SSSR count). The second-order valence-electron chi connectivity index (χ2n) is 4.83. The van der Waals surface area contributed by atoms with E-state index in [4.69, 9.17) is 23.2 Å². The number of hydrogen-bond acceptors (Lipinski definition) is 2. The van der Waals surface area contributed by atoms with Crippen LogP contribution in [0.3, 0.4) is 0 Å². The second-order valence-corrected chi connectivity index (χ2v) is 5.71. The number of fused-ring (bicyclic) bond motifs is 1. The lowest BCUT2D eigenvalue weighted by Crippen LogP contribution is -2.08. The molecule has 0 saturated carbocycles. The summed E-state index contributed by atoms with van der Waals surface area (Å²) in [5.41, 5.74) is 2.39. The highest BCUT2D eigenvalue weighted by Gasteiger charge is 2.14. The van der Waals surface area contributed by atoms with Crippen LogP contribution in [-0.2, 0) is 13.5 Å². The van der Waals surface area contributed by atoms with Crippen LogP contribution in [0, 0.1) is 0 Å². The van der Waals surface area contributed by atoms with Crippen LogP contribution in [0.15, 0.2) is 42.5 Å². The highest BCUT2D eigenvalue weighted by Crippen LogP contribution is 2.21. The first-order chi connectivity index (χ1) is 10.0. The van der Waals surface area contributed by atoms with Crippen molar-refractivity contribution in [2.24, 2.45) is 7.05 Å². The van der Waals surface area contributed by atoms with Crippen molar-refractivity contribution >= 4 is 40.0 Å². The third-order valence-corrected chi connectivity index (χ3v) is 3.82. The van der Waals surface area contributed by atoms with Crippen LogP contribution in [-0.4, -0.2) is 15.3 Å². The van der Waals surface area contributed by atoms with Crippen molar-refractivity contribution in [3.05, 3.63) is 63.9 Å². The van der Waals surface area contributed by atoms with E-state index in [1.165, 1.54) is 0 Å². The number of aromatic nitrogens is 2. The minimum atomic E-state index is -0.0576. The molecule has 0 spiro atoms. The van der Waals surface area contributed by atoms with Crippen LogP contribution in [0.5, 0.6) is 0 Å². The van der Waals surface area contributed by atoms with Crippen molar-refractivity contribution in [2.75, 3.05) is 0 Å². The highest BCUT2D eigenvalue weighted by molar-refractivity contribution is 6.35. The Labute approximate surface area is 132 Å². The van der Waals surface area contributed by atoms with Gasteiger partial charge in [0.05, 0.1) is 17.5 Å². The number of hydrogen-bond donors (Lipinski definition) is 0. The molecular formula is C16H12Cl2N2O. The van der Waals surface area contributed by atoms with Crippen LogP contribution < -0.4 is 0 Å². The number of nitrogens with zero attached hydrogens (tertiary/aromatic N) is 2. The van der Waals surface area contributed by atoms with E-state index in [0.29, 0.717) is 15.6 Å². The average Bonchev–Trinajstić information content (AvgIpc) is 2.75. The quantitative estimate of drug-likeness (QED) is 0.675. The number of ketones is 1. The van der Waals surface area contributed by atoms with Crippen molar-refractivity contribution in [3.63, 3.8) is 0 Å². The minimum Gasteiger partial charge on any atom is -0.331 e. The molecular weight excluding hydrogens is 307 g/mol. The summed E-state index contributed by atoms with van der Waals surface area (Å²) in [5, 5.41) is 0.909. The van der Waals surface area contributed by atoms with E-state index in [9.17, 15) is 4.79 Å². The monoisotopic (exact) mass is 318 g/mol. The Balaban J connectivity index is 1.94. The number of benzene rings is 2. The second kappa shape index (κ2) is 5.51. The topological polar surface area (TPSA) is 34.9 Å². The summed E-state index contributed by atoms with van der Waals surface area (Å²) in [4.78, 5) is 16.9. The number of Topliss-reactive ketones (excluding diaryl/α,β-unsaturated/α-hetero) is 1. The Morgan fingerprint density at radius 1 is 1.14 bits per heavy atom. The van der Waals surface area contributed by atoms with Gasteiger partial charge in [0.15, 0.2) is 5.78 Å². The zero-order valence-corrected chi connectivity index (χ0v) is 12.8. The van der Waals surface area contributed by atoms with Gasteiger partial charge in [-0.15, -0.1) is 0 Å². The standard InChI is InChI=1S/C16H12Cl2N2O/c1-20-14-5-3-2-4-13(14)19-16(20)9-15(21)10-6-11(17)8-12(18)7-10/h2-8H,9H2,1H3. The molecule has 0 atom stereocenters. The van der Waals surface area contributed by atoms with E-state index < -0.39 is 0 Å². The molecule has 0 fully saturated rings. The summed E-state index contributed by atoms with van der Waals surface area (Å²) in [6.45, 7) is 0. The van der Waals surface area contributed by atoms with Gasteiger partial charge in [0.25, 0.3) is 0 Å². The molecule has 3 nitrogen and oxygen atoms in total. The molecule has 0 saturated heterocycles. The van der Waals surface area contributed by atoms with E-state index in [2.05, 4.69) is 4.98 Å². The molecule has 0 radical (unpaired) electrons. The number of carbonyl (C=O) groups is 1. The predicted molar refractivity (Wildman–Crippen MR) is 85.2 cm³/mol. The fourth-order valence-electron chi connectivity index (χ4n) is 2.31. The first-order valence-corrected chi connectivity index (χ1v) is 7.20. The number of para-hydroxylation sites is 2. The number of aryl methyl sites for hydroxylation is 1. The van der Waals surface area contributed by atoms with E-state index in [-0.39, 0.29) is 12.2 Å². The van der Waals surface area contributed by atoms with Crippen molar-refractivity contribution in [3.8, 4) is 0 Å². The molecule has 0 unspecified atom stereocenters. The molecule has 0 N–H and O–H groups in total. The van der Waals surface area contributed by atoms with Crippen molar-refractivity contribution < 1.29 is 4.79 Å². The summed E-state index contributed by atoms with van der Waals surface area (Å²) in [5.74, 6) is 0.662. The highest BCUT2D eigenvalue weighted by atomic mass is 35.5. The molecule has 0 amide bonds. The van der Waals surface area contributed by atoms with E-state index in [1.807, 2.05) is 35.9 Å². The molecule has 0 aliphatic heterocycles. The SMILES string of the molecule is Cn1c(CC(=O)c2cc(Cl)cc(Cl)c2)nc2ccccc21. The molecule has 3 aromatic rings. The molecule has 1 heterocycles. The van der Waals surface area contributed by atoms with Gasteiger partial charge in [-0.05, 0) is 30.3 Å². The van der Waals surface area contributed by atoms with Crippen LogP contribution >= 0.6 is 23.2 Å². The van der Waals surface area contributed by atoms with Crippen molar-refractivity contribution in [1.29, 1.82) is 0 Å². The smallest absolute Gasteiger partial charge is 0.170 e. The maximum atomic E-state index is 12.4. The largest absolute Gasteiger partial charge is 0.331 e. The zero-order chi connectivity index (χ0) is 15.0. The Hall–Kier alpha value is -1.84. The molecule has 21 heavy (non-hydrogen) atoms. The molecule has 1 aromatic heterocycles. The molecule has 0 aliphatic rings. The lowest BCUT2D eigenvalue weighted by atomic mass is 10.1. The zero-order valence-electron chi connectivity index (χ0n) is 11.3. The normalized spacial score (nSPS) is 11.0. The van der Waals surface area contributed by atoms with Gasteiger partial charge in [-0.25, -0.2) is 4.98 Å². The van der Waals surface area contributed by atoms with E-state index in [1.54, 1.807) is 18.2 Å². The maximum absolute atomic E-state index is 12.4. The van der Waals surface area contributed by atoms with E-state index >= 15 is 0 Å².